The second-order valence-electron chi connectivity index (χ2n) is 5.24. The zero-order valence-corrected chi connectivity index (χ0v) is 11.6. The molecule has 0 fully saturated rings. The van der Waals surface area contributed by atoms with Crippen LogP contribution in [0.1, 0.15) is 30.5 Å². The number of thiophene rings is 1. The molecule has 0 saturated carbocycles. The molecule has 0 aromatic carbocycles. The fourth-order valence-corrected chi connectivity index (χ4v) is 2.57. The molecule has 0 aliphatic carbocycles. The summed E-state index contributed by atoms with van der Waals surface area (Å²) in [5.41, 5.74) is 0.244. The molecule has 2 aromatic heterocycles. The third kappa shape index (κ3) is 3.09. The van der Waals surface area contributed by atoms with Gasteiger partial charge < -0.3 is 5.32 Å². The topological polar surface area (TPSA) is 29.9 Å². The lowest BCUT2D eigenvalue weighted by molar-refractivity contribution is 0.604. The lowest BCUT2D eigenvalue weighted by atomic mass is 9.95. The predicted molar refractivity (Wildman–Crippen MR) is 73.6 cm³/mol. The van der Waals surface area contributed by atoms with Crippen molar-refractivity contribution in [3.63, 3.8) is 0 Å². The van der Waals surface area contributed by atoms with E-state index in [0.717, 1.165) is 12.4 Å². The monoisotopic (exact) mass is 249 g/mol. The van der Waals surface area contributed by atoms with E-state index in [1.54, 1.807) is 4.68 Å². The molecule has 0 aliphatic heterocycles. The number of nitrogens with one attached hydrogen (secondary N) is 1. The molecule has 0 aliphatic rings. The van der Waals surface area contributed by atoms with E-state index < -0.39 is 0 Å². The first-order valence-electron chi connectivity index (χ1n) is 5.78. The number of aryl methyl sites for hydroxylation is 1. The zero-order valence-electron chi connectivity index (χ0n) is 10.8. The summed E-state index contributed by atoms with van der Waals surface area (Å²) in [7, 11) is 1.92. The molecule has 2 aromatic rings. The van der Waals surface area contributed by atoms with E-state index in [1.807, 2.05) is 30.6 Å². The molecular formula is C13H19N3S. The Kier molecular flexibility index (Phi) is 3.24. The molecule has 2 rings (SSSR count). The van der Waals surface area contributed by atoms with Crippen molar-refractivity contribution in [2.24, 2.45) is 7.05 Å². The van der Waals surface area contributed by atoms with E-state index in [1.165, 1.54) is 9.75 Å². The third-order valence-electron chi connectivity index (χ3n) is 2.56. The van der Waals surface area contributed by atoms with Gasteiger partial charge in [0.25, 0.3) is 0 Å². The number of nitrogens with zero attached hydrogens (tertiary/aromatic N) is 2. The molecule has 4 heteroatoms. The highest BCUT2D eigenvalue weighted by Gasteiger charge is 2.15. The quantitative estimate of drug-likeness (QED) is 0.903. The summed E-state index contributed by atoms with van der Waals surface area (Å²) in [6, 6.07) is 6.40. The van der Waals surface area contributed by atoms with Gasteiger partial charge in [0.1, 0.15) is 5.82 Å². The van der Waals surface area contributed by atoms with Crippen molar-refractivity contribution in [1.29, 1.82) is 0 Å². The van der Waals surface area contributed by atoms with Gasteiger partial charge >= 0.3 is 0 Å². The summed E-state index contributed by atoms with van der Waals surface area (Å²) in [4.78, 5) is 2.77. The van der Waals surface area contributed by atoms with E-state index in [-0.39, 0.29) is 5.41 Å². The summed E-state index contributed by atoms with van der Waals surface area (Å²) < 4.78 is 1.80. The van der Waals surface area contributed by atoms with Crippen molar-refractivity contribution < 1.29 is 0 Å². The van der Waals surface area contributed by atoms with Crippen molar-refractivity contribution in [2.45, 2.75) is 32.7 Å². The number of aromatic nitrogens is 2. The Balaban J connectivity index is 1.98. The van der Waals surface area contributed by atoms with Crippen LogP contribution < -0.4 is 5.32 Å². The highest BCUT2D eigenvalue weighted by atomic mass is 32.1. The number of anilines is 1. The molecule has 2 heterocycles. The summed E-state index contributed by atoms with van der Waals surface area (Å²) in [5.74, 6) is 0.929. The van der Waals surface area contributed by atoms with Gasteiger partial charge in [0.2, 0.25) is 0 Å². The molecule has 0 spiro atoms. The van der Waals surface area contributed by atoms with E-state index in [0.29, 0.717) is 0 Å². The van der Waals surface area contributed by atoms with Crippen LogP contribution in [-0.4, -0.2) is 9.78 Å². The highest BCUT2D eigenvalue weighted by Crippen LogP contribution is 2.29. The van der Waals surface area contributed by atoms with Gasteiger partial charge in [-0.3, -0.25) is 4.68 Å². The Labute approximate surface area is 106 Å². The standard InChI is InChI=1S/C13H19N3S/c1-13(2,3)11-6-5-10(17-11)9-14-12-7-8-16(4)15-12/h5-8H,9H2,1-4H3,(H,14,15). The Morgan fingerprint density at radius 1 is 1.29 bits per heavy atom. The van der Waals surface area contributed by atoms with Gasteiger partial charge in [0.05, 0.1) is 6.54 Å². The van der Waals surface area contributed by atoms with Gasteiger partial charge in [-0.2, -0.15) is 5.10 Å². The third-order valence-corrected chi connectivity index (χ3v) is 4.07. The van der Waals surface area contributed by atoms with E-state index >= 15 is 0 Å². The highest BCUT2D eigenvalue weighted by molar-refractivity contribution is 7.12. The van der Waals surface area contributed by atoms with Crippen LogP contribution in [0.3, 0.4) is 0 Å². The van der Waals surface area contributed by atoms with Gasteiger partial charge in [-0.15, -0.1) is 11.3 Å². The minimum Gasteiger partial charge on any atom is -0.364 e. The van der Waals surface area contributed by atoms with Crippen LogP contribution in [0, 0.1) is 0 Å². The molecule has 17 heavy (non-hydrogen) atoms. The first kappa shape index (κ1) is 12.2. The molecule has 1 N–H and O–H groups in total. The van der Waals surface area contributed by atoms with Crippen molar-refractivity contribution in [1.82, 2.24) is 9.78 Å². The molecule has 3 nitrogen and oxygen atoms in total. The van der Waals surface area contributed by atoms with Crippen LogP contribution in [-0.2, 0) is 19.0 Å². The average molecular weight is 249 g/mol. The lowest BCUT2D eigenvalue weighted by Crippen LogP contribution is -2.07. The van der Waals surface area contributed by atoms with Crippen molar-refractivity contribution >= 4 is 17.2 Å². The van der Waals surface area contributed by atoms with Crippen molar-refractivity contribution in [3.8, 4) is 0 Å². The fourth-order valence-electron chi connectivity index (χ4n) is 1.56. The maximum atomic E-state index is 4.29. The second-order valence-corrected chi connectivity index (χ2v) is 6.41. The molecule has 92 valence electrons. The van der Waals surface area contributed by atoms with Crippen LogP contribution in [0.25, 0.3) is 0 Å². The Hall–Kier alpha value is -1.29. The fraction of sp³-hybridized carbons (Fsp3) is 0.462. The van der Waals surface area contributed by atoms with Gasteiger partial charge in [-0.05, 0) is 17.5 Å². The van der Waals surface area contributed by atoms with Crippen LogP contribution in [0.4, 0.5) is 5.82 Å². The van der Waals surface area contributed by atoms with Gasteiger partial charge in [-0.25, -0.2) is 0 Å². The number of rotatable bonds is 3. The summed E-state index contributed by atoms with van der Waals surface area (Å²) in [6.45, 7) is 7.58. The van der Waals surface area contributed by atoms with Crippen molar-refractivity contribution in [2.75, 3.05) is 5.32 Å². The normalized spacial score (nSPS) is 11.8. The van der Waals surface area contributed by atoms with Crippen LogP contribution in [0.15, 0.2) is 24.4 Å². The Morgan fingerprint density at radius 3 is 2.59 bits per heavy atom. The zero-order chi connectivity index (χ0) is 12.5. The molecule has 0 bridgehead atoms. The maximum absolute atomic E-state index is 4.29. The van der Waals surface area contributed by atoms with Crippen LogP contribution >= 0.6 is 11.3 Å². The molecular weight excluding hydrogens is 230 g/mol. The molecule has 0 atom stereocenters. The number of hydrogen-bond donors (Lipinski definition) is 1. The molecule has 0 radical (unpaired) electrons. The summed E-state index contributed by atoms with van der Waals surface area (Å²) in [6.07, 6.45) is 1.94. The molecule has 0 amide bonds. The predicted octanol–water partition coefficient (Wildman–Crippen LogP) is 3.39. The Bertz CT molecular complexity index is 491. The maximum Gasteiger partial charge on any atom is 0.148 e. The van der Waals surface area contributed by atoms with Gasteiger partial charge in [0.15, 0.2) is 0 Å². The summed E-state index contributed by atoms with van der Waals surface area (Å²) >= 11 is 1.87. The molecule has 0 unspecified atom stereocenters. The first-order valence-corrected chi connectivity index (χ1v) is 6.59. The first-order chi connectivity index (χ1) is 7.95. The lowest BCUT2D eigenvalue weighted by Gasteiger charge is -2.15. The SMILES string of the molecule is Cn1ccc(NCc2ccc(C(C)(C)C)s2)n1. The largest absolute Gasteiger partial charge is 0.364 e. The van der Waals surface area contributed by atoms with Crippen LogP contribution in [0.2, 0.25) is 0 Å². The second kappa shape index (κ2) is 4.53. The molecule has 0 saturated heterocycles. The smallest absolute Gasteiger partial charge is 0.148 e. The van der Waals surface area contributed by atoms with E-state index in [4.69, 9.17) is 0 Å². The Morgan fingerprint density at radius 2 is 2.06 bits per heavy atom. The minimum atomic E-state index is 0.244. The minimum absolute atomic E-state index is 0.244. The van der Waals surface area contributed by atoms with Gasteiger partial charge in [-0.1, -0.05) is 20.8 Å². The number of hydrogen-bond acceptors (Lipinski definition) is 3. The van der Waals surface area contributed by atoms with E-state index in [2.05, 4.69) is 43.3 Å². The van der Waals surface area contributed by atoms with Crippen LogP contribution in [0.5, 0.6) is 0 Å². The van der Waals surface area contributed by atoms with E-state index in [9.17, 15) is 0 Å². The van der Waals surface area contributed by atoms with Gasteiger partial charge in [0, 0.05) is 29.1 Å². The average Bonchev–Trinajstić information content (AvgIpc) is 2.82. The summed E-state index contributed by atoms with van der Waals surface area (Å²) in [5, 5.41) is 7.62. The van der Waals surface area contributed by atoms with Crippen molar-refractivity contribution in [3.05, 3.63) is 34.2 Å².